The summed E-state index contributed by atoms with van der Waals surface area (Å²) in [5, 5.41) is 5.02. The van der Waals surface area contributed by atoms with E-state index in [1.54, 1.807) is 0 Å². The van der Waals surface area contributed by atoms with E-state index < -0.39 is 0 Å². The molecule has 1 atom stereocenters. The molecule has 0 saturated carbocycles. The molecule has 18 heavy (non-hydrogen) atoms. The zero-order valence-corrected chi connectivity index (χ0v) is 11.0. The van der Waals surface area contributed by atoms with E-state index in [4.69, 9.17) is 17.3 Å². The summed E-state index contributed by atoms with van der Waals surface area (Å²) >= 11 is 6.09. The average Bonchev–Trinajstić information content (AvgIpc) is 2.71. The number of nitrogen functional groups attached to an aromatic ring is 1. The lowest BCUT2D eigenvalue weighted by atomic mass is 9.89. The minimum atomic E-state index is 0.369. The van der Waals surface area contributed by atoms with Gasteiger partial charge in [0.1, 0.15) is 5.82 Å². The van der Waals surface area contributed by atoms with Gasteiger partial charge in [-0.1, -0.05) is 17.7 Å². The summed E-state index contributed by atoms with van der Waals surface area (Å²) in [6.07, 6.45) is 1.99. The molecule has 0 aliphatic carbocycles. The van der Waals surface area contributed by atoms with Gasteiger partial charge in [0.25, 0.3) is 0 Å². The van der Waals surface area contributed by atoms with Crippen LogP contribution >= 0.6 is 11.6 Å². The van der Waals surface area contributed by atoms with Crippen molar-refractivity contribution >= 4 is 17.5 Å². The molecule has 0 spiro atoms. The fourth-order valence-corrected chi connectivity index (χ4v) is 2.81. The maximum atomic E-state index is 6.09. The highest BCUT2D eigenvalue weighted by Gasteiger charge is 2.23. The number of rotatable bonds is 1. The minimum Gasteiger partial charge on any atom is -0.366 e. The quantitative estimate of drug-likeness (QED) is 0.859. The van der Waals surface area contributed by atoms with Crippen LogP contribution in [0.5, 0.6) is 0 Å². The van der Waals surface area contributed by atoms with Gasteiger partial charge in [-0.05, 0) is 36.6 Å². The summed E-state index contributed by atoms with van der Waals surface area (Å²) < 4.78 is 1.92. The fraction of sp³-hybridized carbons (Fsp3) is 0.385. The van der Waals surface area contributed by atoms with Gasteiger partial charge in [-0.15, -0.1) is 5.10 Å². The second kappa shape index (κ2) is 4.28. The highest BCUT2D eigenvalue weighted by molar-refractivity contribution is 6.30. The van der Waals surface area contributed by atoms with E-state index in [9.17, 15) is 0 Å². The second-order valence-corrected chi connectivity index (χ2v) is 5.24. The number of hydrogen-bond donors (Lipinski definition) is 1. The van der Waals surface area contributed by atoms with Gasteiger partial charge in [-0.2, -0.15) is 4.98 Å². The largest absolute Gasteiger partial charge is 0.366 e. The molecule has 3 rings (SSSR count). The Morgan fingerprint density at radius 3 is 3.11 bits per heavy atom. The summed E-state index contributed by atoms with van der Waals surface area (Å²) in [7, 11) is 0. The number of halogens is 1. The maximum absolute atomic E-state index is 6.09. The van der Waals surface area contributed by atoms with Crippen LogP contribution in [-0.2, 0) is 13.0 Å². The molecule has 1 aromatic heterocycles. The summed E-state index contributed by atoms with van der Waals surface area (Å²) in [5.74, 6) is 1.80. The van der Waals surface area contributed by atoms with Gasteiger partial charge in [0, 0.05) is 23.9 Å². The monoisotopic (exact) mass is 262 g/mol. The topological polar surface area (TPSA) is 56.7 Å². The molecule has 2 N–H and O–H groups in total. The van der Waals surface area contributed by atoms with E-state index in [1.165, 1.54) is 11.1 Å². The molecule has 0 radical (unpaired) electrons. The van der Waals surface area contributed by atoms with Crippen LogP contribution in [0.4, 0.5) is 5.95 Å². The molecule has 1 aliphatic rings. The molecule has 2 aromatic rings. The summed E-state index contributed by atoms with van der Waals surface area (Å²) in [6.45, 7) is 2.96. The number of fused-ring (bicyclic) bond motifs is 1. The van der Waals surface area contributed by atoms with Crippen molar-refractivity contribution in [3.05, 3.63) is 40.2 Å². The van der Waals surface area contributed by atoms with Crippen LogP contribution in [0, 0.1) is 6.92 Å². The zero-order chi connectivity index (χ0) is 12.7. The van der Waals surface area contributed by atoms with Gasteiger partial charge in [0.05, 0.1) is 0 Å². The standard InChI is InChI=1S/C13H15ClN4/c1-8-2-4-10(14)6-11(8)9-3-5-12-16-13(15)17-18(12)7-9/h2,4,6,9H,3,5,7H2,1H3,(H2,15,17). The van der Waals surface area contributed by atoms with E-state index >= 15 is 0 Å². The number of nitrogens with zero attached hydrogens (tertiary/aromatic N) is 3. The van der Waals surface area contributed by atoms with Crippen molar-refractivity contribution in [1.29, 1.82) is 0 Å². The zero-order valence-electron chi connectivity index (χ0n) is 10.2. The lowest BCUT2D eigenvalue weighted by Crippen LogP contribution is -2.20. The Morgan fingerprint density at radius 2 is 2.28 bits per heavy atom. The molecule has 2 heterocycles. The van der Waals surface area contributed by atoms with Crippen molar-refractivity contribution in [1.82, 2.24) is 14.8 Å². The summed E-state index contributed by atoms with van der Waals surface area (Å²) in [4.78, 5) is 4.22. The lowest BCUT2D eigenvalue weighted by molar-refractivity contribution is 0.422. The van der Waals surface area contributed by atoms with Crippen molar-refractivity contribution in [3.8, 4) is 0 Å². The number of aromatic nitrogens is 3. The van der Waals surface area contributed by atoms with E-state index in [-0.39, 0.29) is 0 Å². The van der Waals surface area contributed by atoms with Crippen molar-refractivity contribution < 1.29 is 0 Å². The van der Waals surface area contributed by atoms with Crippen LogP contribution in [0.1, 0.15) is 29.3 Å². The minimum absolute atomic E-state index is 0.369. The van der Waals surface area contributed by atoms with Crippen LogP contribution in [-0.4, -0.2) is 14.8 Å². The first-order valence-corrected chi connectivity index (χ1v) is 6.46. The molecule has 0 amide bonds. The first kappa shape index (κ1) is 11.5. The van der Waals surface area contributed by atoms with Gasteiger partial charge >= 0.3 is 0 Å². The lowest BCUT2D eigenvalue weighted by Gasteiger charge is -2.24. The molecule has 1 unspecified atom stereocenters. The highest BCUT2D eigenvalue weighted by atomic mass is 35.5. The van der Waals surface area contributed by atoms with Crippen molar-refractivity contribution in [2.45, 2.75) is 32.2 Å². The molecule has 0 bridgehead atoms. The fourth-order valence-electron chi connectivity index (χ4n) is 2.63. The molecule has 1 aliphatic heterocycles. The van der Waals surface area contributed by atoms with Crippen LogP contribution in [0.25, 0.3) is 0 Å². The van der Waals surface area contributed by atoms with Crippen molar-refractivity contribution in [2.75, 3.05) is 5.73 Å². The highest BCUT2D eigenvalue weighted by Crippen LogP contribution is 2.31. The van der Waals surface area contributed by atoms with Gasteiger partial charge in [0.2, 0.25) is 5.95 Å². The molecule has 1 aromatic carbocycles. The van der Waals surface area contributed by atoms with Crippen molar-refractivity contribution in [3.63, 3.8) is 0 Å². The van der Waals surface area contributed by atoms with Crippen LogP contribution in [0.15, 0.2) is 18.2 Å². The van der Waals surface area contributed by atoms with Crippen LogP contribution < -0.4 is 5.73 Å². The van der Waals surface area contributed by atoms with Gasteiger partial charge < -0.3 is 5.73 Å². The Kier molecular flexibility index (Phi) is 2.74. The van der Waals surface area contributed by atoms with Gasteiger partial charge in [0.15, 0.2) is 0 Å². The Labute approximate surface area is 111 Å². The second-order valence-electron chi connectivity index (χ2n) is 4.80. The Bertz CT molecular complexity index is 591. The number of anilines is 1. The van der Waals surface area contributed by atoms with E-state index in [1.807, 2.05) is 10.7 Å². The summed E-state index contributed by atoms with van der Waals surface area (Å²) in [5.41, 5.74) is 8.22. The third kappa shape index (κ3) is 1.97. The third-order valence-electron chi connectivity index (χ3n) is 3.56. The van der Waals surface area contributed by atoms with Crippen LogP contribution in [0.2, 0.25) is 5.02 Å². The van der Waals surface area contributed by atoms with E-state index in [0.717, 1.165) is 30.2 Å². The van der Waals surface area contributed by atoms with E-state index in [0.29, 0.717) is 11.9 Å². The average molecular weight is 263 g/mol. The van der Waals surface area contributed by atoms with Gasteiger partial charge in [-0.3, -0.25) is 0 Å². The first-order chi connectivity index (χ1) is 8.63. The predicted octanol–water partition coefficient (Wildman–Crippen LogP) is 2.55. The predicted molar refractivity (Wildman–Crippen MR) is 71.7 cm³/mol. The van der Waals surface area contributed by atoms with Gasteiger partial charge in [-0.25, -0.2) is 4.68 Å². The number of hydrogen-bond acceptors (Lipinski definition) is 3. The molecule has 0 fully saturated rings. The van der Waals surface area contributed by atoms with Crippen molar-refractivity contribution in [2.24, 2.45) is 0 Å². The summed E-state index contributed by atoms with van der Waals surface area (Å²) in [6, 6.07) is 6.07. The Balaban J connectivity index is 1.93. The number of benzene rings is 1. The molecule has 0 saturated heterocycles. The Hall–Kier alpha value is -1.55. The first-order valence-electron chi connectivity index (χ1n) is 6.09. The Morgan fingerprint density at radius 1 is 1.44 bits per heavy atom. The smallest absolute Gasteiger partial charge is 0.239 e. The number of nitrogens with two attached hydrogens (primary N) is 1. The molecule has 94 valence electrons. The third-order valence-corrected chi connectivity index (χ3v) is 3.79. The molecular weight excluding hydrogens is 248 g/mol. The van der Waals surface area contributed by atoms with E-state index in [2.05, 4.69) is 29.1 Å². The maximum Gasteiger partial charge on any atom is 0.239 e. The van der Waals surface area contributed by atoms with Crippen LogP contribution in [0.3, 0.4) is 0 Å². The number of aryl methyl sites for hydroxylation is 2. The molecular formula is C13H15ClN4. The molecule has 5 heteroatoms. The normalized spacial score (nSPS) is 18.7. The SMILES string of the molecule is Cc1ccc(Cl)cc1C1CCc2nc(N)nn2C1. The molecule has 4 nitrogen and oxygen atoms in total.